The smallest absolute Gasteiger partial charge is 0.251 e. The average Bonchev–Trinajstić information content (AvgIpc) is 3.13. The van der Waals surface area contributed by atoms with Crippen molar-refractivity contribution >= 4 is 49.2 Å². The molecule has 170 valence electrons. The molecule has 0 bridgehead atoms. The second-order valence-corrected chi connectivity index (χ2v) is 11.3. The van der Waals surface area contributed by atoms with Gasteiger partial charge in [0, 0.05) is 31.0 Å². The lowest BCUT2D eigenvalue weighted by atomic mass is 9.98. The number of rotatable bonds is 5. The van der Waals surface area contributed by atoms with E-state index in [4.69, 9.17) is 4.74 Å². The molecule has 4 rings (SSSR count). The van der Waals surface area contributed by atoms with E-state index < -0.39 is 10.0 Å². The van der Waals surface area contributed by atoms with Gasteiger partial charge in [-0.1, -0.05) is 23.5 Å². The summed E-state index contributed by atoms with van der Waals surface area (Å²) in [5.41, 5.74) is 0.982. The molecule has 1 aromatic heterocycles. The predicted octanol–water partition coefficient (Wildman–Crippen LogP) is 3.50. The Balaban J connectivity index is 1.50. The number of hydrogen-bond donors (Lipinski definition) is 0. The first-order chi connectivity index (χ1) is 15.3. The Labute approximate surface area is 195 Å². The number of carbonyl (C=O) groups excluding carboxylic acids is 1. The van der Waals surface area contributed by atoms with E-state index in [1.54, 1.807) is 19.2 Å². The molecule has 0 aliphatic carbocycles. The van der Waals surface area contributed by atoms with E-state index >= 15 is 0 Å². The normalized spacial score (nSPS) is 16.5. The highest BCUT2D eigenvalue weighted by Gasteiger charge is 2.33. The fourth-order valence-electron chi connectivity index (χ4n) is 3.85. The van der Waals surface area contributed by atoms with E-state index in [-0.39, 0.29) is 11.8 Å². The molecule has 10 heteroatoms. The molecule has 1 aliphatic rings. The minimum atomic E-state index is -3.59. The van der Waals surface area contributed by atoms with Crippen LogP contribution >= 0.6 is 23.1 Å². The van der Waals surface area contributed by atoms with Crippen LogP contribution in [0, 0.1) is 5.92 Å². The molecule has 1 fully saturated rings. The largest absolute Gasteiger partial charge is 0.497 e. The second-order valence-electron chi connectivity index (χ2n) is 7.56. The van der Waals surface area contributed by atoms with Gasteiger partial charge < -0.3 is 9.30 Å². The molecule has 0 spiro atoms. The van der Waals surface area contributed by atoms with Gasteiger partial charge in [0.05, 0.1) is 22.2 Å². The monoisotopic (exact) mass is 491 g/mol. The summed E-state index contributed by atoms with van der Waals surface area (Å²) in [6, 6.07) is 12.8. The molecule has 0 N–H and O–H groups in total. The third-order valence-corrected chi connectivity index (χ3v) is 9.69. The Morgan fingerprint density at radius 3 is 2.59 bits per heavy atom. The highest BCUT2D eigenvalue weighted by molar-refractivity contribution is 7.99. The first-order valence-electron chi connectivity index (χ1n) is 10.2. The summed E-state index contributed by atoms with van der Waals surface area (Å²) in [4.78, 5) is 18.9. The first-order valence-corrected chi connectivity index (χ1v) is 13.7. The van der Waals surface area contributed by atoms with Crippen LogP contribution in [-0.4, -0.2) is 49.7 Å². The summed E-state index contributed by atoms with van der Waals surface area (Å²) < 4.78 is 35.9. The average molecular weight is 492 g/mol. The molecule has 0 saturated carbocycles. The molecule has 1 amide bonds. The first kappa shape index (κ1) is 23.0. The summed E-state index contributed by atoms with van der Waals surface area (Å²) in [6.07, 6.45) is 2.79. The maximum atomic E-state index is 13.1. The van der Waals surface area contributed by atoms with Crippen LogP contribution in [-0.2, 0) is 21.9 Å². The zero-order chi connectivity index (χ0) is 22.9. The Hall–Kier alpha value is -2.14. The van der Waals surface area contributed by atoms with E-state index in [2.05, 4.69) is 4.99 Å². The number of hydrogen-bond acceptors (Lipinski definition) is 6. The number of amides is 1. The number of carbonyl (C=O) groups is 1. The lowest BCUT2D eigenvalue weighted by Gasteiger charge is -2.30. The number of aromatic nitrogens is 1. The van der Waals surface area contributed by atoms with Crippen molar-refractivity contribution < 1.29 is 17.9 Å². The van der Waals surface area contributed by atoms with Gasteiger partial charge in [0.25, 0.3) is 5.91 Å². The summed E-state index contributed by atoms with van der Waals surface area (Å²) in [5, 5.41) is 0. The van der Waals surface area contributed by atoms with Crippen LogP contribution in [0.2, 0.25) is 0 Å². The molecule has 0 atom stereocenters. The van der Waals surface area contributed by atoms with Gasteiger partial charge in [0.1, 0.15) is 5.75 Å². The third-order valence-electron chi connectivity index (χ3n) is 5.71. The number of aryl methyl sites for hydroxylation is 1. The van der Waals surface area contributed by atoms with Crippen molar-refractivity contribution in [1.82, 2.24) is 8.87 Å². The minimum absolute atomic E-state index is 0.194. The molecule has 2 aromatic carbocycles. The van der Waals surface area contributed by atoms with Gasteiger partial charge in [-0.05, 0) is 49.4 Å². The second kappa shape index (κ2) is 9.38. The number of methoxy groups -OCH3 is 1. The molecule has 0 radical (unpaired) electrons. The van der Waals surface area contributed by atoms with Crippen LogP contribution in [0.25, 0.3) is 10.2 Å². The number of ether oxygens (including phenoxy) is 1. The number of piperidine rings is 1. The van der Waals surface area contributed by atoms with E-state index in [0.717, 1.165) is 20.9 Å². The number of thioether (sulfide) groups is 1. The van der Waals surface area contributed by atoms with Gasteiger partial charge >= 0.3 is 0 Å². The highest BCUT2D eigenvalue weighted by atomic mass is 32.2. The van der Waals surface area contributed by atoms with Gasteiger partial charge in [0.2, 0.25) is 10.0 Å². The molecule has 1 saturated heterocycles. The molecule has 0 unspecified atom stereocenters. The van der Waals surface area contributed by atoms with Crippen molar-refractivity contribution in [3.63, 3.8) is 0 Å². The number of fused-ring (bicyclic) bond motifs is 1. The number of nitrogens with zero attached hydrogens (tertiary/aromatic N) is 3. The number of sulfonamides is 1. The fourth-order valence-corrected chi connectivity index (χ4v) is 7.49. The van der Waals surface area contributed by atoms with E-state index in [1.165, 1.54) is 27.4 Å². The minimum Gasteiger partial charge on any atom is -0.497 e. The lowest BCUT2D eigenvalue weighted by Crippen LogP contribution is -2.40. The lowest BCUT2D eigenvalue weighted by molar-refractivity contribution is -0.122. The summed E-state index contributed by atoms with van der Waals surface area (Å²) in [6.45, 7) is 0.624. The van der Waals surface area contributed by atoms with Crippen molar-refractivity contribution in [3.8, 4) is 5.75 Å². The van der Waals surface area contributed by atoms with Gasteiger partial charge in [-0.25, -0.2) is 8.42 Å². The van der Waals surface area contributed by atoms with Crippen LogP contribution < -0.4 is 9.54 Å². The summed E-state index contributed by atoms with van der Waals surface area (Å²) in [7, 11) is -0.0812. The van der Waals surface area contributed by atoms with Gasteiger partial charge in [0.15, 0.2) is 4.80 Å². The molecule has 3 aromatic rings. The molecule has 32 heavy (non-hydrogen) atoms. The van der Waals surface area contributed by atoms with Gasteiger partial charge in [-0.3, -0.25) is 4.79 Å². The topological polar surface area (TPSA) is 81.0 Å². The maximum Gasteiger partial charge on any atom is 0.251 e. The predicted molar refractivity (Wildman–Crippen MR) is 128 cm³/mol. The van der Waals surface area contributed by atoms with Crippen LogP contribution in [0.5, 0.6) is 5.75 Å². The van der Waals surface area contributed by atoms with Crippen molar-refractivity contribution in [3.05, 3.63) is 47.3 Å². The SMILES string of the molecule is COc1ccc2c(c1)sc(=NC(=O)C1CCN(S(=O)(=O)c3ccccc3SC)CC1)n2C. The van der Waals surface area contributed by atoms with Crippen molar-refractivity contribution in [2.45, 2.75) is 22.6 Å². The maximum absolute atomic E-state index is 13.1. The van der Waals surface area contributed by atoms with Crippen molar-refractivity contribution in [2.24, 2.45) is 18.0 Å². The molecular weight excluding hydrogens is 466 g/mol. The van der Waals surface area contributed by atoms with E-state index in [1.807, 2.05) is 48.2 Å². The number of thiazole rings is 1. The quantitative estimate of drug-likeness (QED) is 0.511. The van der Waals surface area contributed by atoms with Gasteiger partial charge in [-0.15, -0.1) is 11.8 Å². The Bertz CT molecular complexity index is 1320. The summed E-state index contributed by atoms with van der Waals surface area (Å²) in [5.74, 6) is 0.284. The Morgan fingerprint density at radius 1 is 1.19 bits per heavy atom. The zero-order valence-electron chi connectivity index (χ0n) is 18.1. The van der Waals surface area contributed by atoms with E-state index in [0.29, 0.717) is 35.6 Å². The molecular formula is C22H25N3O4S3. The van der Waals surface area contributed by atoms with E-state index in [9.17, 15) is 13.2 Å². The van der Waals surface area contributed by atoms with Crippen LogP contribution in [0.15, 0.2) is 57.2 Å². The Kier molecular flexibility index (Phi) is 6.75. The zero-order valence-corrected chi connectivity index (χ0v) is 20.6. The van der Waals surface area contributed by atoms with Crippen LogP contribution in [0.1, 0.15) is 12.8 Å². The molecule has 1 aliphatic heterocycles. The van der Waals surface area contributed by atoms with Crippen LogP contribution in [0.4, 0.5) is 0 Å². The van der Waals surface area contributed by atoms with Crippen molar-refractivity contribution in [2.75, 3.05) is 26.5 Å². The van der Waals surface area contributed by atoms with Crippen molar-refractivity contribution in [1.29, 1.82) is 0 Å². The third kappa shape index (κ3) is 4.36. The summed E-state index contributed by atoms with van der Waals surface area (Å²) >= 11 is 2.85. The van der Waals surface area contributed by atoms with Gasteiger partial charge in [-0.2, -0.15) is 9.30 Å². The Morgan fingerprint density at radius 2 is 1.91 bits per heavy atom. The fraction of sp³-hybridized carbons (Fsp3) is 0.364. The standard InChI is InChI=1S/C22H25N3O4S3/c1-24-17-9-8-16(29-2)14-19(17)31-22(24)23-21(26)15-10-12-25(13-11-15)32(27,28)20-7-5-4-6-18(20)30-3/h4-9,14-15H,10-13H2,1-3H3. The van der Waals surface area contributed by atoms with Crippen LogP contribution in [0.3, 0.4) is 0 Å². The highest BCUT2D eigenvalue weighted by Crippen LogP contribution is 2.30. The number of benzene rings is 2. The molecule has 2 heterocycles. The molecule has 7 nitrogen and oxygen atoms in total.